The maximum Gasteiger partial charge on any atom is 0.225 e. The van der Waals surface area contributed by atoms with Crippen LogP contribution in [0.2, 0.25) is 0 Å². The number of hydrogen-bond acceptors (Lipinski definition) is 2. The predicted octanol–water partition coefficient (Wildman–Crippen LogP) is 2.40. The largest absolute Gasteiger partial charge is 0.340 e. The second-order valence-corrected chi connectivity index (χ2v) is 5.72. The topological polar surface area (TPSA) is 46.3 Å². The Hall–Kier alpha value is -0.570. The first-order valence-corrected chi connectivity index (χ1v) is 7.06. The standard InChI is InChI=1S/C14H28N2O/c1-11(2)16(10-4-9-15)14(17)13-7-5-12(3)6-8-13/h11-13H,4-10,15H2,1-3H3. The van der Waals surface area contributed by atoms with Crippen molar-refractivity contribution in [2.75, 3.05) is 13.1 Å². The minimum Gasteiger partial charge on any atom is -0.340 e. The van der Waals surface area contributed by atoms with Crippen molar-refractivity contribution in [3.05, 3.63) is 0 Å². The molecule has 0 spiro atoms. The molecule has 0 aromatic carbocycles. The fourth-order valence-electron chi connectivity index (χ4n) is 2.63. The van der Waals surface area contributed by atoms with Gasteiger partial charge < -0.3 is 10.6 Å². The Morgan fingerprint density at radius 3 is 2.35 bits per heavy atom. The van der Waals surface area contributed by atoms with Crippen molar-refractivity contribution in [2.24, 2.45) is 17.6 Å². The summed E-state index contributed by atoms with van der Waals surface area (Å²) in [4.78, 5) is 14.5. The van der Waals surface area contributed by atoms with E-state index in [1.165, 1.54) is 12.8 Å². The highest BCUT2D eigenvalue weighted by atomic mass is 16.2. The summed E-state index contributed by atoms with van der Waals surface area (Å²) in [6.45, 7) is 7.96. The maximum atomic E-state index is 12.4. The second kappa shape index (κ2) is 7.00. The average Bonchev–Trinajstić information content (AvgIpc) is 2.29. The number of nitrogens with zero attached hydrogens (tertiary/aromatic N) is 1. The van der Waals surface area contributed by atoms with Gasteiger partial charge in [0.1, 0.15) is 0 Å². The van der Waals surface area contributed by atoms with Crippen LogP contribution >= 0.6 is 0 Å². The average molecular weight is 240 g/mol. The lowest BCUT2D eigenvalue weighted by Gasteiger charge is -2.33. The quantitative estimate of drug-likeness (QED) is 0.802. The number of rotatable bonds is 5. The zero-order chi connectivity index (χ0) is 12.8. The fourth-order valence-corrected chi connectivity index (χ4v) is 2.63. The molecule has 0 aromatic rings. The molecule has 3 nitrogen and oxygen atoms in total. The Kier molecular flexibility index (Phi) is 5.96. The highest BCUT2D eigenvalue weighted by molar-refractivity contribution is 5.79. The van der Waals surface area contributed by atoms with Gasteiger partial charge in [-0.1, -0.05) is 6.92 Å². The van der Waals surface area contributed by atoms with Gasteiger partial charge >= 0.3 is 0 Å². The summed E-state index contributed by atoms with van der Waals surface area (Å²) >= 11 is 0. The molecule has 2 N–H and O–H groups in total. The number of nitrogens with two attached hydrogens (primary N) is 1. The molecule has 17 heavy (non-hydrogen) atoms. The van der Waals surface area contributed by atoms with E-state index in [0.717, 1.165) is 31.7 Å². The van der Waals surface area contributed by atoms with Crippen LogP contribution in [-0.2, 0) is 4.79 Å². The van der Waals surface area contributed by atoms with Crippen molar-refractivity contribution in [1.82, 2.24) is 4.90 Å². The van der Waals surface area contributed by atoms with Gasteiger partial charge in [0.25, 0.3) is 0 Å². The minimum atomic E-state index is 0.270. The summed E-state index contributed by atoms with van der Waals surface area (Å²) in [6.07, 6.45) is 5.48. The van der Waals surface area contributed by atoms with Crippen LogP contribution < -0.4 is 5.73 Å². The van der Waals surface area contributed by atoms with Gasteiger partial charge in [0.15, 0.2) is 0 Å². The first kappa shape index (κ1) is 14.5. The fraction of sp³-hybridized carbons (Fsp3) is 0.929. The van der Waals surface area contributed by atoms with Gasteiger partial charge in [0, 0.05) is 18.5 Å². The Balaban J connectivity index is 2.52. The Morgan fingerprint density at radius 1 is 1.29 bits per heavy atom. The minimum absolute atomic E-state index is 0.270. The van der Waals surface area contributed by atoms with E-state index in [9.17, 15) is 4.79 Å². The van der Waals surface area contributed by atoms with Crippen LogP contribution in [0.1, 0.15) is 52.9 Å². The molecule has 0 bridgehead atoms. The molecule has 0 radical (unpaired) electrons. The van der Waals surface area contributed by atoms with Crippen LogP contribution in [0.5, 0.6) is 0 Å². The van der Waals surface area contributed by atoms with Gasteiger partial charge in [-0.2, -0.15) is 0 Å². The van der Waals surface area contributed by atoms with E-state index in [1.54, 1.807) is 0 Å². The zero-order valence-corrected chi connectivity index (χ0v) is 11.6. The molecular formula is C14H28N2O. The third kappa shape index (κ3) is 4.30. The monoisotopic (exact) mass is 240 g/mol. The summed E-state index contributed by atoms with van der Waals surface area (Å²) < 4.78 is 0. The molecule has 3 heteroatoms. The van der Waals surface area contributed by atoms with E-state index < -0.39 is 0 Å². The van der Waals surface area contributed by atoms with Gasteiger partial charge in [0.05, 0.1) is 0 Å². The lowest BCUT2D eigenvalue weighted by molar-refractivity contribution is -0.138. The predicted molar refractivity (Wildman–Crippen MR) is 71.6 cm³/mol. The van der Waals surface area contributed by atoms with Crippen molar-refractivity contribution in [2.45, 2.75) is 58.9 Å². The summed E-state index contributed by atoms with van der Waals surface area (Å²) in [5, 5.41) is 0. The molecule has 1 saturated carbocycles. The molecule has 1 aliphatic carbocycles. The van der Waals surface area contributed by atoms with E-state index >= 15 is 0 Å². The van der Waals surface area contributed by atoms with Crippen molar-refractivity contribution in [1.29, 1.82) is 0 Å². The van der Waals surface area contributed by atoms with Crippen molar-refractivity contribution < 1.29 is 4.79 Å². The van der Waals surface area contributed by atoms with Gasteiger partial charge in [-0.15, -0.1) is 0 Å². The normalized spacial score (nSPS) is 25.0. The van der Waals surface area contributed by atoms with Crippen LogP contribution in [-0.4, -0.2) is 29.9 Å². The van der Waals surface area contributed by atoms with E-state index in [4.69, 9.17) is 5.73 Å². The van der Waals surface area contributed by atoms with Crippen molar-refractivity contribution >= 4 is 5.91 Å². The smallest absolute Gasteiger partial charge is 0.225 e. The van der Waals surface area contributed by atoms with Gasteiger partial charge in [-0.3, -0.25) is 4.79 Å². The first-order valence-electron chi connectivity index (χ1n) is 7.06. The Morgan fingerprint density at radius 2 is 1.88 bits per heavy atom. The highest BCUT2D eigenvalue weighted by Gasteiger charge is 2.28. The SMILES string of the molecule is CC1CCC(C(=O)N(CCCN)C(C)C)CC1. The molecular weight excluding hydrogens is 212 g/mol. The van der Waals surface area contributed by atoms with E-state index in [1.807, 2.05) is 4.90 Å². The summed E-state index contributed by atoms with van der Waals surface area (Å²) in [5.41, 5.74) is 5.54. The molecule has 1 fully saturated rings. The molecule has 0 atom stereocenters. The summed E-state index contributed by atoms with van der Waals surface area (Å²) in [5.74, 6) is 1.43. The highest BCUT2D eigenvalue weighted by Crippen LogP contribution is 2.30. The molecule has 0 aromatic heterocycles. The lowest BCUT2D eigenvalue weighted by atomic mass is 9.82. The molecule has 0 aliphatic heterocycles. The van der Waals surface area contributed by atoms with Gasteiger partial charge in [-0.25, -0.2) is 0 Å². The van der Waals surface area contributed by atoms with Crippen LogP contribution in [0, 0.1) is 11.8 Å². The van der Waals surface area contributed by atoms with Crippen LogP contribution in [0.4, 0.5) is 0 Å². The van der Waals surface area contributed by atoms with E-state index in [-0.39, 0.29) is 5.92 Å². The first-order chi connectivity index (χ1) is 8.06. The van der Waals surface area contributed by atoms with Crippen molar-refractivity contribution in [3.63, 3.8) is 0 Å². The Bertz CT molecular complexity index is 232. The van der Waals surface area contributed by atoms with Gasteiger partial charge in [0.2, 0.25) is 5.91 Å². The van der Waals surface area contributed by atoms with Gasteiger partial charge in [-0.05, 0) is 58.4 Å². The molecule has 1 aliphatic rings. The molecule has 0 unspecified atom stereocenters. The van der Waals surface area contributed by atoms with Crippen LogP contribution in [0.3, 0.4) is 0 Å². The molecule has 1 rings (SSSR count). The molecule has 100 valence electrons. The van der Waals surface area contributed by atoms with Crippen molar-refractivity contribution in [3.8, 4) is 0 Å². The Labute approximate surface area is 106 Å². The summed E-state index contributed by atoms with van der Waals surface area (Å²) in [7, 11) is 0. The maximum absolute atomic E-state index is 12.4. The van der Waals surface area contributed by atoms with E-state index in [0.29, 0.717) is 18.5 Å². The van der Waals surface area contributed by atoms with Crippen LogP contribution in [0.25, 0.3) is 0 Å². The number of amides is 1. The summed E-state index contributed by atoms with van der Waals surface area (Å²) in [6, 6.07) is 0.299. The molecule has 1 amide bonds. The number of carbonyl (C=O) groups excluding carboxylic acids is 1. The lowest BCUT2D eigenvalue weighted by Crippen LogP contribution is -2.42. The number of hydrogen-bond donors (Lipinski definition) is 1. The molecule has 0 saturated heterocycles. The third-order valence-corrected chi connectivity index (χ3v) is 3.87. The zero-order valence-electron chi connectivity index (χ0n) is 11.6. The van der Waals surface area contributed by atoms with E-state index in [2.05, 4.69) is 20.8 Å². The molecule has 0 heterocycles. The second-order valence-electron chi connectivity index (χ2n) is 5.72. The van der Waals surface area contributed by atoms with Crippen LogP contribution in [0.15, 0.2) is 0 Å². The number of carbonyl (C=O) groups is 1. The third-order valence-electron chi connectivity index (χ3n) is 3.87.